The highest BCUT2D eigenvalue weighted by Gasteiger charge is 2.19. The largest absolute Gasteiger partial charge is 0.337 e. The highest BCUT2D eigenvalue weighted by Crippen LogP contribution is 2.31. The number of imidazole rings is 1. The van der Waals surface area contributed by atoms with Gasteiger partial charge in [0.05, 0.1) is 22.4 Å². The number of fused-ring (bicyclic) bond motifs is 1. The third-order valence-electron chi connectivity index (χ3n) is 3.94. The van der Waals surface area contributed by atoms with Crippen molar-refractivity contribution in [3.05, 3.63) is 65.6 Å². The molecule has 24 heavy (non-hydrogen) atoms. The first kappa shape index (κ1) is 15.0. The van der Waals surface area contributed by atoms with Crippen LogP contribution >= 0.6 is 11.8 Å². The number of rotatable bonds is 4. The van der Waals surface area contributed by atoms with Gasteiger partial charge < -0.3 is 4.52 Å². The Hall–Kier alpha value is -2.60. The van der Waals surface area contributed by atoms with Crippen molar-refractivity contribution in [2.75, 3.05) is 0 Å². The maximum atomic E-state index is 5.58. The van der Waals surface area contributed by atoms with E-state index in [1.54, 1.807) is 11.8 Å². The zero-order chi connectivity index (χ0) is 16.5. The van der Waals surface area contributed by atoms with E-state index in [0.29, 0.717) is 0 Å². The summed E-state index contributed by atoms with van der Waals surface area (Å²) in [7, 11) is 0. The Bertz CT molecular complexity index is 991. The van der Waals surface area contributed by atoms with Gasteiger partial charge in [-0.05, 0) is 38.1 Å². The molecular formula is C18H16N4OS. The van der Waals surface area contributed by atoms with Gasteiger partial charge in [0.15, 0.2) is 5.16 Å². The van der Waals surface area contributed by atoms with Gasteiger partial charge in [-0.2, -0.15) is 0 Å². The maximum Gasteiger partial charge on any atom is 0.241 e. The van der Waals surface area contributed by atoms with Crippen LogP contribution in [0, 0.1) is 13.8 Å². The van der Waals surface area contributed by atoms with Crippen LogP contribution in [-0.4, -0.2) is 19.7 Å². The van der Waals surface area contributed by atoms with Crippen LogP contribution in [0.3, 0.4) is 0 Å². The molecule has 4 rings (SSSR count). The predicted octanol–water partition coefficient (Wildman–Crippen LogP) is 4.32. The second-order valence-electron chi connectivity index (χ2n) is 5.53. The molecule has 0 spiro atoms. The molecule has 1 aromatic carbocycles. The van der Waals surface area contributed by atoms with Crippen LogP contribution in [0.25, 0.3) is 16.9 Å². The Labute approximate surface area is 143 Å². The Morgan fingerprint density at radius 1 is 1.08 bits per heavy atom. The van der Waals surface area contributed by atoms with Crippen molar-refractivity contribution in [1.29, 1.82) is 0 Å². The molecule has 120 valence electrons. The van der Waals surface area contributed by atoms with Gasteiger partial charge in [0.1, 0.15) is 0 Å². The number of thioether (sulfide) groups is 1. The lowest BCUT2D eigenvalue weighted by Crippen LogP contribution is -1.97. The van der Waals surface area contributed by atoms with Gasteiger partial charge in [0.2, 0.25) is 5.88 Å². The van der Waals surface area contributed by atoms with E-state index in [9.17, 15) is 0 Å². The minimum Gasteiger partial charge on any atom is -0.337 e. The van der Waals surface area contributed by atoms with E-state index in [4.69, 9.17) is 9.51 Å². The van der Waals surface area contributed by atoms with E-state index in [1.807, 2.05) is 67.1 Å². The molecule has 6 heteroatoms. The van der Waals surface area contributed by atoms with Crippen molar-refractivity contribution in [3.8, 4) is 5.88 Å². The number of aryl methyl sites for hydroxylation is 1. The summed E-state index contributed by atoms with van der Waals surface area (Å²) in [4.78, 5) is 9.14. The van der Waals surface area contributed by atoms with Crippen LogP contribution in [0.5, 0.6) is 0 Å². The van der Waals surface area contributed by atoms with E-state index in [1.165, 1.54) is 0 Å². The second kappa shape index (κ2) is 6.13. The SMILES string of the molecule is Cc1noc(-n2c(SCc3ccccn3)nc3ccccc32)c1C. The lowest BCUT2D eigenvalue weighted by Gasteiger charge is -2.06. The molecule has 0 saturated heterocycles. The number of para-hydroxylation sites is 2. The summed E-state index contributed by atoms with van der Waals surface area (Å²) < 4.78 is 7.62. The molecule has 3 heterocycles. The quantitative estimate of drug-likeness (QED) is 0.520. The normalized spacial score (nSPS) is 11.2. The van der Waals surface area contributed by atoms with Crippen LogP contribution in [0.4, 0.5) is 0 Å². The van der Waals surface area contributed by atoms with Crippen molar-refractivity contribution in [2.45, 2.75) is 24.8 Å². The van der Waals surface area contributed by atoms with Gasteiger partial charge in [0.25, 0.3) is 0 Å². The Kier molecular flexibility index (Phi) is 3.82. The van der Waals surface area contributed by atoms with Gasteiger partial charge >= 0.3 is 0 Å². The summed E-state index contributed by atoms with van der Waals surface area (Å²) in [6.45, 7) is 3.96. The monoisotopic (exact) mass is 336 g/mol. The molecule has 4 aromatic rings. The fourth-order valence-electron chi connectivity index (χ4n) is 2.53. The maximum absolute atomic E-state index is 5.58. The van der Waals surface area contributed by atoms with E-state index >= 15 is 0 Å². The summed E-state index contributed by atoms with van der Waals surface area (Å²) in [6.07, 6.45) is 1.81. The molecule has 0 aliphatic carbocycles. The van der Waals surface area contributed by atoms with Crippen LogP contribution in [0.2, 0.25) is 0 Å². The molecule has 5 nitrogen and oxygen atoms in total. The number of hydrogen-bond acceptors (Lipinski definition) is 5. The van der Waals surface area contributed by atoms with E-state index in [0.717, 1.165) is 44.8 Å². The molecule has 0 N–H and O–H groups in total. The van der Waals surface area contributed by atoms with Gasteiger partial charge in [-0.25, -0.2) is 4.98 Å². The van der Waals surface area contributed by atoms with Crippen LogP contribution in [0.15, 0.2) is 58.3 Å². The van der Waals surface area contributed by atoms with Crippen LogP contribution < -0.4 is 0 Å². The van der Waals surface area contributed by atoms with Crippen LogP contribution in [-0.2, 0) is 5.75 Å². The molecule has 0 atom stereocenters. The highest BCUT2D eigenvalue weighted by molar-refractivity contribution is 7.98. The lowest BCUT2D eigenvalue weighted by molar-refractivity contribution is 0.398. The first-order valence-electron chi connectivity index (χ1n) is 7.67. The molecule has 0 fully saturated rings. The van der Waals surface area contributed by atoms with E-state index in [2.05, 4.69) is 10.1 Å². The van der Waals surface area contributed by atoms with Gasteiger partial charge in [-0.3, -0.25) is 9.55 Å². The standard InChI is InChI=1S/C18H16N4OS/c1-12-13(2)21-23-17(12)22-16-9-4-3-8-15(16)20-18(22)24-11-14-7-5-6-10-19-14/h3-10H,11H2,1-2H3. The fraction of sp³-hybridized carbons (Fsp3) is 0.167. The summed E-state index contributed by atoms with van der Waals surface area (Å²) in [5.74, 6) is 1.47. The molecule has 0 aliphatic rings. The number of pyridine rings is 1. The average molecular weight is 336 g/mol. The minimum atomic E-state index is 0.727. The second-order valence-corrected chi connectivity index (χ2v) is 6.47. The first-order chi connectivity index (χ1) is 11.7. The highest BCUT2D eigenvalue weighted by atomic mass is 32.2. The Balaban J connectivity index is 1.80. The summed E-state index contributed by atoms with van der Waals surface area (Å²) >= 11 is 1.64. The summed E-state index contributed by atoms with van der Waals surface area (Å²) in [5.41, 5.74) is 4.89. The van der Waals surface area contributed by atoms with E-state index < -0.39 is 0 Å². The van der Waals surface area contributed by atoms with Gasteiger partial charge in [0, 0.05) is 17.5 Å². The molecule has 0 aliphatic heterocycles. The number of aromatic nitrogens is 4. The average Bonchev–Trinajstić information content (AvgIpc) is 3.14. The van der Waals surface area contributed by atoms with Crippen molar-refractivity contribution in [2.24, 2.45) is 0 Å². The van der Waals surface area contributed by atoms with Crippen molar-refractivity contribution in [3.63, 3.8) is 0 Å². The smallest absolute Gasteiger partial charge is 0.241 e. The van der Waals surface area contributed by atoms with Crippen molar-refractivity contribution in [1.82, 2.24) is 19.7 Å². The third-order valence-corrected chi connectivity index (χ3v) is 4.91. The Morgan fingerprint density at radius 2 is 1.92 bits per heavy atom. The van der Waals surface area contributed by atoms with E-state index in [-0.39, 0.29) is 0 Å². The lowest BCUT2D eigenvalue weighted by atomic mass is 10.2. The van der Waals surface area contributed by atoms with Crippen molar-refractivity contribution < 1.29 is 4.52 Å². The molecule has 0 bridgehead atoms. The van der Waals surface area contributed by atoms with Gasteiger partial charge in [-0.1, -0.05) is 35.1 Å². The topological polar surface area (TPSA) is 56.7 Å². The zero-order valence-corrected chi connectivity index (χ0v) is 14.2. The molecule has 0 amide bonds. The summed E-state index contributed by atoms with van der Waals surface area (Å²) in [5, 5.41) is 4.97. The van der Waals surface area contributed by atoms with Crippen molar-refractivity contribution >= 4 is 22.8 Å². The molecule has 3 aromatic heterocycles. The fourth-order valence-corrected chi connectivity index (χ4v) is 3.45. The molecule has 0 unspecified atom stereocenters. The molecule has 0 saturated carbocycles. The minimum absolute atomic E-state index is 0.727. The first-order valence-corrected chi connectivity index (χ1v) is 8.66. The number of nitrogens with zero attached hydrogens (tertiary/aromatic N) is 4. The predicted molar refractivity (Wildman–Crippen MR) is 94.4 cm³/mol. The number of benzene rings is 1. The summed E-state index contributed by atoms with van der Waals surface area (Å²) in [6, 6.07) is 14.0. The van der Waals surface area contributed by atoms with Gasteiger partial charge in [-0.15, -0.1) is 0 Å². The third kappa shape index (κ3) is 2.59. The Morgan fingerprint density at radius 3 is 2.67 bits per heavy atom. The zero-order valence-electron chi connectivity index (χ0n) is 13.4. The number of hydrogen-bond donors (Lipinski definition) is 0. The molecule has 0 radical (unpaired) electrons. The molecular weight excluding hydrogens is 320 g/mol. The van der Waals surface area contributed by atoms with Crippen LogP contribution in [0.1, 0.15) is 17.0 Å².